The molecule has 3 aromatic rings. The van der Waals surface area contributed by atoms with Crippen molar-refractivity contribution in [1.29, 1.82) is 5.26 Å². The van der Waals surface area contributed by atoms with E-state index < -0.39 is 23.7 Å². The van der Waals surface area contributed by atoms with Crippen molar-refractivity contribution < 1.29 is 13.6 Å². The molecule has 0 bridgehead atoms. The van der Waals surface area contributed by atoms with Gasteiger partial charge in [-0.1, -0.05) is 0 Å². The maximum absolute atomic E-state index is 13.9. The monoisotopic (exact) mass is 437 g/mol. The quantitative estimate of drug-likeness (QED) is 0.507. The Labute approximate surface area is 181 Å². The molecule has 0 aliphatic carbocycles. The molecule has 1 atom stereocenters. The van der Waals surface area contributed by atoms with Gasteiger partial charge in [-0.25, -0.2) is 33.5 Å². The first-order chi connectivity index (χ1) is 15.5. The summed E-state index contributed by atoms with van der Waals surface area (Å²) >= 11 is 0. The number of aromatic nitrogens is 4. The average Bonchev–Trinajstić information content (AvgIpc) is 3.49. The van der Waals surface area contributed by atoms with Crippen LogP contribution in [0.25, 0.3) is 11.5 Å². The average molecular weight is 437 g/mol. The van der Waals surface area contributed by atoms with Gasteiger partial charge in [0.1, 0.15) is 11.5 Å². The first-order valence-electron chi connectivity index (χ1n) is 9.61. The minimum atomic E-state index is -0.617. The SMILES string of the molecule is N#Cc1cc(F)cc([C@@H]2CC=NN2C(=O)NCCNc2ncc(F)c(-c3ncc[nH]3)n2)c1. The molecule has 3 N–H and O–H groups in total. The highest BCUT2D eigenvalue weighted by Gasteiger charge is 2.28. The van der Waals surface area contributed by atoms with Gasteiger partial charge in [0.05, 0.1) is 23.9 Å². The molecule has 3 heterocycles. The zero-order valence-electron chi connectivity index (χ0n) is 16.6. The Kier molecular flexibility index (Phi) is 5.98. The van der Waals surface area contributed by atoms with Crippen molar-refractivity contribution in [2.75, 3.05) is 18.4 Å². The number of anilines is 1. The van der Waals surface area contributed by atoms with E-state index in [1.54, 1.807) is 12.4 Å². The standard InChI is InChI=1S/C20H17F2N9O/c21-14-8-12(10-23)7-13(9-14)16-1-2-29-31(16)20(32)27-6-5-26-19-28-11-15(22)17(30-19)18-24-3-4-25-18/h2-4,7-9,11,16H,1,5-6H2,(H,24,25)(H,27,32)(H,26,28,30)/t16-/m0/s1. The van der Waals surface area contributed by atoms with Gasteiger partial charge in [0, 0.05) is 38.1 Å². The fourth-order valence-electron chi connectivity index (χ4n) is 3.19. The molecule has 162 valence electrons. The number of nitrogens with one attached hydrogen (secondary N) is 3. The lowest BCUT2D eigenvalue weighted by atomic mass is 10.0. The van der Waals surface area contributed by atoms with Crippen molar-refractivity contribution >= 4 is 18.2 Å². The molecule has 4 rings (SSSR count). The van der Waals surface area contributed by atoms with Gasteiger partial charge in [-0.15, -0.1) is 0 Å². The number of imidazole rings is 1. The number of benzene rings is 1. The van der Waals surface area contributed by atoms with Crippen LogP contribution in [-0.2, 0) is 0 Å². The molecule has 2 amide bonds. The summed E-state index contributed by atoms with van der Waals surface area (Å²) in [6.07, 6.45) is 6.03. The van der Waals surface area contributed by atoms with E-state index in [2.05, 4.69) is 35.7 Å². The first-order valence-corrected chi connectivity index (χ1v) is 9.61. The van der Waals surface area contributed by atoms with Crippen LogP contribution in [-0.4, -0.2) is 50.3 Å². The molecule has 1 aliphatic heterocycles. The number of H-pyrrole nitrogens is 1. The van der Waals surface area contributed by atoms with Crippen molar-refractivity contribution in [3.05, 3.63) is 59.6 Å². The molecular weight excluding hydrogens is 420 g/mol. The number of aromatic amines is 1. The summed E-state index contributed by atoms with van der Waals surface area (Å²) in [4.78, 5) is 27.3. The second kappa shape index (κ2) is 9.17. The van der Waals surface area contributed by atoms with Crippen molar-refractivity contribution in [1.82, 2.24) is 30.3 Å². The number of urea groups is 1. The van der Waals surface area contributed by atoms with Crippen LogP contribution >= 0.6 is 0 Å². The van der Waals surface area contributed by atoms with Gasteiger partial charge >= 0.3 is 6.03 Å². The van der Waals surface area contributed by atoms with E-state index in [0.29, 0.717) is 12.0 Å². The number of rotatable bonds is 6. The molecule has 0 fully saturated rings. The molecule has 0 radical (unpaired) electrons. The minimum absolute atomic E-state index is 0.0256. The van der Waals surface area contributed by atoms with Crippen LogP contribution in [0, 0.1) is 23.0 Å². The smallest absolute Gasteiger partial charge is 0.338 e. The first kappa shape index (κ1) is 20.9. The van der Waals surface area contributed by atoms with E-state index in [4.69, 9.17) is 5.26 Å². The van der Waals surface area contributed by atoms with Crippen molar-refractivity contribution in [2.45, 2.75) is 12.5 Å². The van der Waals surface area contributed by atoms with E-state index >= 15 is 0 Å². The van der Waals surface area contributed by atoms with Gasteiger partial charge in [0.2, 0.25) is 5.95 Å². The predicted molar refractivity (Wildman–Crippen MR) is 110 cm³/mol. The largest absolute Gasteiger partial charge is 0.352 e. The molecule has 0 saturated carbocycles. The molecule has 2 aromatic heterocycles. The summed E-state index contributed by atoms with van der Waals surface area (Å²) in [6, 6.07) is 4.85. The Hall–Kier alpha value is -4.40. The van der Waals surface area contributed by atoms with Gasteiger partial charge in [0.15, 0.2) is 11.6 Å². The molecule has 32 heavy (non-hydrogen) atoms. The van der Waals surface area contributed by atoms with Crippen LogP contribution in [0.3, 0.4) is 0 Å². The zero-order chi connectivity index (χ0) is 22.5. The van der Waals surface area contributed by atoms with Crippen LogP contribution < -0.4 is 10.6 Å². The van der Waals surface area contributed by atoms with E-state index in [9.17, 15) is 13.6 Å². The van der Waals surface area contributed by atoms with E-state index in [1.807, 2.05) is 6.07 Å². The third-order valence-electron chi connectivity index (χ3n) is 4.62. The third kappa shape index (κ3) is 4.51. The number of hydrogen-bond acceptors (Lipinski definition) is 7. The Morgan fingerprint density at radius 3 is 2.94 bits per heavy atom. The van der Waals surface area contributed by atoms with Crippen LogP contribution in [0.15, 0.2) is 41.9 Å². The van der Waals surface area contributed by atoms with Gasteiger partial charge < -0.3 is 15.6 Å². The molecule has 0 saturated heterocycles. The number of carbonyl (C=O) groups excluding carboxylic acids is 1. The molecule has 0 spiro atoms. The highest BCUT2D eigenvalue weighted by atomic mass is 19.1. The third-order valence-corrected chi connectivity index (χ3v) is 4.62. The minimum Gasteiger partial charge on any atom is -0.352 e. The van der Waals surface area contributed by atoms with Crippen molar-refractivity contribution in [2.24, 2.45) is 5.10 Å². The molecule has 1 aliphatic rings. The normalized spacial score (nSPS) is 14.9. The summed E-state index contributed by atoms with van der Waals surface area (Å²) in [6.45, 7) is 0.455. The van der Waals surface area contributed by atoms with Crippen molar-refractivity contribution in [3.8, 4) is 17.6 Å². The number of nitrogens with zero attached hydrogens (tertiary/aromatic N) is 6. The summed E-state index contributed by atoms with van der Waals surface area (Å²) in [5.74, 6) is -0.721. The van der Waals surface area contributed by atoms with Gasteiger partial charge in [-0.3, -0.25) is 0 Å². The van der Waals surface area contributed by atoms with Gasteiger partial charge in [-0.05, 0) is 23.8 Å². The van der Waals surface area contributed by atoms with E-state index in [0.717, 1.165) is 12.3 Å². The number of carbonyl (C=O) groups is 1. The van der Waals surface area contributed by atoms with Crippen LogP contribution in [0.5, 0.6) is 0 Å². The maximum Gasteiger partial charge on any atom is 0.338 e. The Morgan fingerprint density at radius 2 is 2.16 bits per heavy atom. The highest BCUT2D eigenvalue weighted by Crippen LogP contribution is 2.29. The van der Waals surface area contributed by atoms with Gasteiger partial charge in [-0.2, -0.15) is 10.4 Å². The number of halogens is 2. The topological polar surface area (TPSA) is 135 Å². The van der Waals surface area contributed by atoms with E-state index in [-0.39, 0.29) is 36.1 Å². The zero-order valence-corrected chi connectivity index (χ0v) is 16.6. The summed E-state index contributed by atoms with van der Waals surface area (Å²) in [7, 11) is 0. The van der Waals surface area contributed by atoms with Crippen LogP contribution in [0.2, 0.25) is 0 Å². The summed E-state index contributed by atoms with van der Waals surface area (Å²) in [5.41, 5.74) is 0.680. The lowest BCUT2D eigenvalue weighted by molar-refractivity contribution is 0.186. The molecule has 12 heteroatoms. The van der Waals surface area contributed by atoms with Gasteiger partial charge in [0.25, 0.3) is 0 Å². The number of hydrogen-bond donors (Lipinski definition) is 3. The molecule has 0 unspecified atom stereocenters. The predicted octanol–water partition coefficient (Wildman–Crippen LogP) is 2.57. The van der Waals surface area contributed by atoms with E-state index in [1.165, 1.54) is 23.3 Å². The van der Waals surface area contributed by atoms with Crippen LogP contribution in [0.1, 0.15) is 23.6 Å². The second-order valence-corrected chi connectivity index (χ2v) is 6.77. The highest BCUT2D eigenvalue weighted by molar-refractivity contribution is 5.78. The fraction of sp³-hybridized carbons (Fsp3) is 0.200. The molecular formula is C20H17F2N9O. The number of nitriles is 1. The second-order valence-electron chi connectivity index (χ2n) is 6.77. The lowest BCUT2D eigenvalue weighted by Crippen LogP contribution is -2.39. The van der Waals surface area contributed by atoms with Crippen LogP contribution in [0.4, 0.5) is 19.5 Å². The summed E-state index contributed by atoms with van der Waals surface area (Å²) < 4.78 is 27.7. The Balaban J connectivity index is 1.33. The summed E-state index contributed by atoms with van der Waals surface area (Å²) in [5, 5.41) is 19.9. The Morgan fingerprint density at radius 1 is 1.28 bits per heavy atom. The number of hydrazone groups is 1. The maximum atomic E-state index is 13.9. The fourth-order valence-corrected chi connectivity index (χ4v) is 3.19. The molecule has 10 nitrogen and oxygen atoms in total. The molecule has 1 aromatic carbocycles. The number of amides is 2. The lowest BCUT2D eigenvalue weighted by Gasteiger charge is -2.22. The Bertz CT molecular complexity index is 1190. The van der Waals surface area contributed by atoms with Crippen molar-refractivity contribution in [3.63, 3.8) is 0 Å².